The summed E-state index contributed by atoms with van der Waals surface area (Å²) in [5, 5.41) is 15.7. The number of benzene rings is 1. The Labute approximate surface area is 190 Å². The summed E-state index contributed by atoms with van der Waals surface area (Å²) < 4.78 is 6.12. The number of rotatable bonds is 6. The lowest BCUT2D eigenvalue weighted by atomic mass is 10.1. The molecule has 33 heavy (non-hydrogen) atoms. The molecule has 1 aliphatic rings. The summed E-state index contributed by atoms with van der Waals surface area (Å²) in [4.78, 5) is 36.8. The maximum absolute atomic E-state index is 11.6. The van der Waals surface area contributed by atoms with Gasteiger partial charge in [-0.25, -0.2) is 19.7 Å². The molecular formula is C23H24N6O4. The number of piperidine rings is 1. The van der Waals surface area contributed by atoms with Crippen molar-refractivity contribution in [3.63, 3.8) is 0 Å². The average Bonchev–Trinajstić information content (AvgIpc) is 2.81. The second-order valence-electron chi connectivity index (χ2n) is 7.69. The van der Waals surface area contributed by atoms with Crippen LogP contribution in [0.2, 0.25) is 0 Å². The average molecular weight is 448 g/mol. The number of carbonyl (C=O) groups excluding carboxylic acids is 1. The van der Waals surface area contributed by atoms with Crippen LogP contribution >= 0.6 is 0 Å². The SMILES string of the molecule is C=CC(=O)Nc1cc2c(Nc3ccc(OC4CCN(C(=O)O)CC4)c(C)c3)ncnc2cn1. The van der Waals surface area contributed by atoms with Gasteiger partial charge in [-0.3, -0.25) is 4.79 Å². The molecule has 1 saturated heterocycles. The molecule has 4 rings (SSSR count). The topological polar surface area (TPSA) is 130 Å². The van der Waals surface area contributed by atoms with E-state index in [0.717, 1.165) is 17.0 Å². The Bertz CT molecular complexity index is 1210. The molecule has 10 heteroatoms. The number of nitrogens with one attached hydrogen (secondary N) is 2. The third-order valence-electron chi connectivity index (χ3n) is 5.40. The van der Waals surface area contributed by atoms with Crippen LogP contribution in [0.1, 0.15) is 18.4 Å². The quantitative estimate of drug-likeness (QED) is 0.487. The summed E-state index contributed by atoms with van der Waals surface area (Å²) in [7, 11) is 0. The predicted octanol–water partition coefficient (Wildman–Crippen LogP) is 3.72. The molecule has 10 nitrogen and oxygen atoms in total. The number of likely N-dealkylation sites (tertiary alicyclic amines) is 1. The Morgan fingerprint density at radius 1 is 1.21 bits per heavy atom. The Morgan fingerprint density at radius 2 is 2.00 bits per heavy atom. The lowest BCUT2D eigenvalue weighted by Gasteiger charge is -2.30. The van der Waals surface area contributed by atoms with E-state index in [-0.39, 0.29) is 12.0 Å². The van der Waals surface area contributed by atoms with E-state index in [1.807, 2.05) is 25.1 Å². The highest BCUT2D eigenvalue weighted by Gasteiger charge is 2.23. The van der Waals surface area contributed by atoms with Gasteiger partial charge < -0.3 is 25.4 Å². The van der Waals surface area contributed by atoms with Gasteiger partial charge >= 0.3 is 6.09 Å². The Kier molecular flexibility index (Phi) is 6.34. The molecule has 0 radical (unpaired) electrons. The number of aryl methyl sites for hydroxylation is 1. The Hall–Kier alpha value is -4.21. The van der Waals surface area contributed by atoms with Gasteiger partial charge in [-0.05, 0) is 42.8 Å². The van der Waals surface area contributed by atoms with Crippen molar-refractivity contribution >= 4 is 40.2 Å². The molecule has 0 unspecified atom stereocenters. The summed E-state index contributed by atoms with van der Waals surface area (Å²) in [6.07, 6.45) is 4.62. The second-order valence-corrected chi connectivity index (χ2v) is 7.69. The molecule has 1 fully saturated rings. The van der Waals surface area contributed by atoms with Crippen molar-refractivity contribution < 1.29 is 19.4 Å². The van der Waals surface area contributed by atoms with Crippen LogP contribution in [0.4, 0.5) is 22.1 Å². The molecule has 3 heterocycles. The number of amides is 2. The van der Waals surface area contributed by atoms with Crippen molar-refractivity contribution in [1.82, 2.24) is 19.9 Å². The first-order chi connectivity index (χ1) is 15.9. The molecule has 1 aliphatic heterocycles. The first-order valence-corrected chi connectivity index (χ1v) is 10.5. The van der Waals surface area contributed by atoms with E-state index in [9.17, 15) is 9.59 Å². The lowest BCUT2D eigenvalue weighted by molar-refractivity contribution is -0.111. The number of anilines is 3. The van der Waals surface area contributed by atoms with Crippen LogP contribution in [0.5, 0.6) is 5.75 Å². The highest BCUT2D eigenvalue weighted by atomic mass is 16.5. The number of carboxylic acid groups (broad SMARTS) is 1. The van der Waals surface area contributed by atoms with Gasteiger partial charge in [0.15, 0.2) is 0 Å². The van der Waals surface area contributed by atoms with Gasteiger partial charge in [0.25, 0.3) is 0 Å². The normalized spacial score (nSPS) is 14.0. The smallest absolute Gasteiger partial charge is 0.407 e. The number of ether oxygens (including phenoxy) is 1. The van der Waals surface area contributed by atoms with Crippen LogP contribution in [0.3, 0.4) is 0 Å². The standard InChI is InChI=1S/C23H24N6O4/c1-3-21(30)28-20-11-17-18(12-24-20)25-13-26-22(17)27-15-4-5-19(14(2)10-15)33-16-6-8-29(9-7-16)23(31)32/h3-5,10-13,16H,1,6-9H2,2H3,(H,31,32)(H,24,28,30)(H,25,26,27). The summed E-state index contributed by atoms with van der Waals surface area (Å²) in [6, 6.07) is 7.44. The minimum absolute atomic E-state index is 0.0133. The number of hydrogen-bond donors (Lipinski definition) is 3. The molecule has 1 aromatic carbocycles. The third-order valence-corrected chi connectivity index (χ3v) is 5.40. The monoisotopic (exact) mass is 448 g/mol. The summed E-state index contributed by atoms with van der Waals surface area (Å²) >= 11 is 0. The summed E-state index contributed by atoms with van der Waals surface area (Å²) in [5.41, 5.74) is 2.39. The fourth-order valence-electron chi connectivity index (χ4n) is 3.64. The van der Waals surface area contributed by atoms with Gasteiger partial charge in [0.05, 0.1) is 11.7 Å². The largest absolute Gasteiger partial charge is 0.490 e. The summed E-state index contributed by atoms with van der Waals surface area (Å²) in [5.74, 6) is 1.36. The van der Waals surface area contributed by atoms with E-state index in [2.05, 4.69) is 32.2 Å². The van der Waals surface area contributed by atoms with Crippen LogP contribution < -0.4 is 15.4 Å². The molecule has 0 atom stereocenters. The van der Waals surface area contributed by atoms with E-state index < -0.39 is 6.09 Å². The third kappa shape index (κ3) is 5.17. The molecule has 3 aromatic rings. The molecular weight excluding hydrogens is 424 g/mol. The molecule has 0 aliphatic carbocycles. The van der Waals surface area contributed by atoms with E-state index >= 15 is 0 Å². The van der Waals surface area contributed by atoms with Crippen LogP contribution in [0.25, 0.3) is 10.9 Å². The van der Waals surface area contributed by atoms with E-state index in [1.54, 1.807) is 12.3 Å². The van der Waals surface area contributed by atoms with Gasteiger partial charge in [-0.2, -0.15) is 0 Å². The zero-order chi connectivity index (χ0) is 23.4. The highest BCUT2D eigenvalue weighted by molar-refractivity contribution is 6.00. The lowest BCUT2D eigenvalue weighted by Crippen LogP contribution is -2.41. The van der Waals surface area contributed by atoms with Crippen molar-refractivity contribution in [2.75, 3.05) is 23.7 Å². The van der Waals surface area contributed by atoms with E-state index in [4.69, 9.17) is 9.84 Å². The number of aromatic nitrogens is 3. The van der Waals surface area contributed by atoms with Crippen molar-refractivity contribution in [2.24, 2.45) is 0 Å². The van der Waals surface area contributed by atoms with Gasteiger partial charge in [0.2, 0.25) is 5.91 Å². The first kappa shape index (κ1) is 22.0. The second kappa shape index (κ2) is 9.51. The maximum Gasteiger partial charge on any atom is 0.407 e. The number of pyridine rings is 1. The molecule has 2 aromatic heterocycles. The molecule has 0 saturated carbocycles. The maximum atomic E-state index is 11.6. The van der Waals surface area contributed by atoms with E-state index in [1.165, 1.54) is 17.3 Å². The Balaban J connectivity index is 1.48. The molecule has 170 valence electrons. The summed E-state index contributed by atoms with van der Waals surface area (Å²) in [6.45, 7) is 6.35. The number of hydrogen-bond acceptors (Lipinski definition) is 7. The van der Waals surface area contributed by atoms with Crippen LogP contribution in [0, 0.1) is 6.92 Å². The number of carbonyl (C=O) groups is 2. The zero-order valence-electron chi connectivity index (χ0n) is 18.1. The van der Waals surface area contributed by atoms with Crippen molar-refractivity contribution in [3.05, 3.63) is 55.0 Å². The van der Waals surface area contributed by atoms with Crippen molar-refractivity contribution in [1.29, 1.82) is 0 Å². The van der Waals surface area contributed by atoms with Crippen molar-refractivity contribution in [3.8, 4) is 5.75 Å². The van der Waals surface area contributed by atoms with Gasteiger partial charge in [0.1, 0.15) is 29.8 Å². The minimum atomic E-state index is -0.886. The first-order valence-electron chi connectivity index (χ1n) is 10.5. The van der Waals surface area contributed by atoms with Crippen LogP contribution in [0.15, 0.2) is 49.4 Å². The predicted molar refractivity (Wildman–Crippen MR) is 124 cm³/mol. The highest BCUT2D eigenvalue weighted by Crippen LogP contribution is 2.29. The van der Waals surface area contributed by atoms with Gasteiger partial charge in [-0.15, -0.1) is 0 Å². The molecule has 2 amide bonds. The fraction of sp³-hybridized carbons (Fsp3) is 0.261. The van der Waals surface area contributed by atoms with Gasteiger partial charge in [0, 0.05) is 37.0 Å². The van der Waals surface area contributed by atoms with Gasteiger partial charge in [-0.1, -0.05) is 6.58 Å². The van der Waals surface area contributed by atoms with Crippen molar-refractivity contribution in [2.45, 2.75) is 25.9 Å². The minimum Gasteiger partial charge on any atom is -0.490 e. The van der Waals surface area contributed by atoms with E-state index in [0.29, 0.717) is 48.5 Å². The number of nitrogens with zero attached hydrogens (tertiary/aromatic N) is 4. The number of fused-ring (bicyclic) bond motifs is 1. The molecule has 0 spiro atoms. The van der Waals surface area contributed by atoms with Crippen LogP contribution in [-0.2, 0) is 4.79 Å². The zero-order valence-corrected chi connectivity index (χ0v) is 18.1. The van der Waals surface area contributed by atoms with Crippen LogP contribution in [-0.4, -0.2) is 56.2 Å². The molecule has 3 N–H and O–H groups in total. The fourth-order valence-corrected chi connectivity index (χ4v) is 3.64. The Morgan fingerprint density at radius 3 is 2.70 bits per heavy atom. The molecule has 0 bridgehead atoms.